The largest absolute Gasteiger partial charge is 0.355 e. The zero-order valence-electron chi connectivity index (χ0n) is 8.65. The lowest BCUT2D eigenvalue weighted by Gasteiger charge is -2.21. The number of hydrogen-bond donors (Lipinski definition) is 0. The summed E-state index contributed by atoms with van der Waals surface area (Å²) in [5.41, 5.74) is 1.31. The van der Waals surface area contributed by atoms with E-state index in [1.807, 2.05) is 18.2 Å². The molecule has 0 N–H and O–H groups in total. The van der Waals surface area contributed by atoms with Gasteiger partial charge >= 0.3 is 0 Å². The molecule has 0 radical (unpaired) electrons. The number of rotatable bonds is 6. The molecule has 0 aliphatic carbocycles. The highest BCUT2D eigenvalue weighted by Gasteiger charge is 2.17. The third-order valence-electron chi connectivity index (χ3n) is 2.16. The van der Waals surface area contributed by atoms with Crippen molar-refractivity contribution >= 4 is 0 Å². The van der Waals surface area contributed by atoms with Gasteiger partial charge in [0.25, 0.3) is 0 Å². The van der Waals surface area contributed by atoms with E-state index in [4.69, 9.17) is 0 Å². The quantitative estimate of drug-likeness (QED) is 0.593. The van der Waals surface area contributed by atoms with Crippen LogP contribution in [0.15, 0.2) is 49.9 Å². The zero-order chi connectivity index (χ0) is 10.4. The van der Waals surface area contributed by atoms with Crippen LogP contribution in [-0.2, 0) is 0 Å². The Bertz CT molecular complexity index is 253. The van der Waals surface area contributed by atoms with E-state index < -0.39 is 0 Å². The maximum Gasteiger partial charge on any atom is 0.0902 e. The van der Waals surface area contributed by atoms with Crippen LogP contribution in [0.25, 0.3) is 0 Å². The summed E-state index contributed by atoms with van der Waals surface area (Å²) in [5, 5.41) is 0. The molecule has 0 aromatic carbocycles. The fourth-order valence-corrected chi connectivity index (χ4v) is 1.58. The summed E-state index contributed by atoms with van der Waals surface area (Å²) in [5.74, 6) is 0. The molecule has 1 aliphatic heterocycles. The van der Waals surface area contributed by atoms with Crippen LogP contribution >= 0.6 is 0 Å². The topological polar surface area (TPSA) is 6.48 Å². The molecular formula is C12H18N2. The Hall–Kier alpha value is -1.44. The second-order valence-corrected chi connectivity index (χ2v) is 3.33. The minimum atomic E-state index is 0.896. The van der Waals surface area contributed by atoms with E-state index in [0.29, 0.717) is 0 Å². The summed E-state index contributed by atoms with van der Waals surface area (Å²) in [6, 6.07) is 0. The van der Waals surface area contributed by atoms with Gasteiger partial charge in [-0.25, -0.2) is 0 Å². The molecular weight excluding hydrogens is 172 g/mol. The van der Waals surface area contributed by atoms with Gasteiger partial charge in [0.15, 0.2) is 0 Å². The van der Waals surface area contributed by atoms with Gasteiger partial charge in [-0.15, -0.1) is 19.7 Å². The Morgan fingerprint density at radius 1 is 1.14 bits per heavy atom. The molecule has 0 amide bonds. The van der Waals surface area contributed by atoms with Gasteiger partial charge in [0, 0.05) is 31.4 Å². The second kappa shape index (κ2) is 5.32. The Morgan fingerprint density at radius 3 is 2.43 bits per heavy atom. The van der Waals surface area contributed by atoms with Gasteiger partial charge in [0.05, 0.1) is 6.67 Å². The molecule has 1 rings (SSSR count). The molecule has 2 nitrogen and oxygen atoms in total. The van der Waals surface area contributed by atoms with E-state index in [-0.39, 0.29) is 0 Å². The van der Waals surface area contributed by atoms with Crippen LogP contribution in [0.3, 0.4) is 0 Å². The predicted octanol–water partition coefficient (Wildman–Crippen LogP) is 2.35. The third-order valence-corrected chi connectivity index (χ3v) is 2.16. The maximum absolute atomic E-state index is 3.76. The van der Waals surface area contributed by atoms with Gasteiger partial charge in [-0.3, -0.25) is 0 Å². The van der Waals surface area contributed by atoms with Crippen molar-refractivity contribution in [2.75, 3.05) is 19.8 Å². The fourth-order valence-electron chi connectivity index (χ4n) is 1.58. The summed E-state index contributed by atoms with van der Waals surface area (Å²) >= 11 is 0. The molecule has 0 fully saturated rings. The summed E-state index contributed by atoms with van der Waals surface area (Å²) in [4.78, 5) is 4.52. The molecule has 0 bridgehead atoms. The summed E-state index contributed by atoms with van der Waals surface area (Å²) in [7, 11) is 0. The van der Waals surface area contributed by atoms with Crippen molar-refractivity contribution in [3.05, 3.63) is 49.9 Å². The van der Waals surface area contributed by atoms with Crippen LogP contribution in [0.2, 0.25) is 0 Å². The molecule has 0 atom stereocenters. The SMILES string of the molecule is C=CCC1=CN(CC=C)CN1CC=C. The van der Waals surface area contributed by atoms with Crippen LogP contribution in [0.5, 0.6) is 0 Å². The highest BCUT2D eigenvalue weighted by molar-refractivity contribution is 5.11. The number of hydrogen-bond acceptors (Lipinski definition) is 2. The Labute approximate surface area is 86.5 Å². The fraction of sp³-hybridized carbons (Fsp3) is 0.333. The monoisotopic (exact) mass is 190 g/mol. The molecule has 76 valence electrons. The molecule has 0 unspecified atom stereocenters. The lowest BCUT2D eigenvalue weighted by molar-refractivity contribution is 0.286. The minimum absolute atomic E-state index is 0.896. The summed E-state index contributed by atoms with van der Waals surface area (Å²) < 4.78 is 0. The Balaban J connectivity index is 2.61. The first-order valence-electron chi connectivity index (χ1n) is 4.84. The summed E-state index contributed by atoms with van der Waals surface area (Å²) in [6.07, 6.45) is 8.86. The summed E-state index contributed by atoms with van der Waals surface area (Å²) in [6.45, 7) is 14.0. The predicted molar refractivity (Wildman–Crippen MR) is 61.6 cm³/mol. The van der Waals surface area contributed by atoms with Crippen molar-refractivity contribution in [3.8, 4) is 0 Å². The van der Waals surface area contributed by atoms with Crippen molar-refractivity contribution in [2.45, 2.75) is 6.42 Å². The van der Waals surface area contributed by atoms with Gasteiger partial charge < -0.3 is 9.80 Å². The van der Waals surface area contributed by atoms with E-state index in [1.54, 1.807) is 0 Å². The first-order chi connectivity index (χ1) is 6.81. The van der Waals surface area contributed by atoms with E-state index in [2.05, 4.69) is 35.7 Å². The second-order valence-electron chi connectivity index (χ2n) is 3.33. The van der Waals surface area contributed by atoms with E-state index in [0.717, 1.165) is 26.2 Å². The van der Waals surface area contributed by atoms with Gasteiger partial charge in [-0.1, -0.05) is 18.2 Å². The molecule has 0 aromatic heterocycles. The van der Waals surface area contributed by atoms with Crippen LogP contribution in [0.4, 0.5) is 0 Å². The van der Waals surface area contributed by atoms with Crippen molar-refractivity contribution in [2.24, 2.45) is 0 Å². The van der Waals surface area contributed by atoms with Crippen LogP contribution in [-0.4, -0.2) is 29.6 Å². The van der Waals surface area contributed by atoms with Gasteiger partial charge in [-0.2, -0.15) is 0 Å². The van der Waals surface area contributed by atoms with E-state index in [9.17, 15) is 0 Å². The highest BCUT2D eigenvalue weighted by atomic mass is 15.3. The molecule has 1 heterocycles. The molecule has 14 heavy (non-hydrogen) atoms. The van der Waals surface area contributed by atoms with Gasteiger partial charge in [0.2, 0.25) is 0 Å². The average molecular weight is 190 g/mol. The normalized spacial score (nSPS) is 15.3. The molecule has 0 saturated carbocycles. The number of nitrogens with zero attached hydrogens (tertiary/aromatic N) is 2. The van der Waals surface area contributed by atoms with E-state index >= 15 is 0 Å². The first-order valence-corrected chi connectivity index (χ1v) is 4.84. The van der Waals surface area contributed by atoms with Crippen molar-refractivity contribution in [3.63, 3.8) is 0 Å². The molecule has 2 heteroatoms. The third kappa shape index (κ3) is 2.52. The number of allylic oxidation sites excluding steroid dienone is 1. The lowest BCUT2D eigenvalue weighted by atomic mass is 10.3. The Morgan fingerprint density at radius 2 is 1.86 bits per heavy atom. The Kier molecular flexibility index (Phi) is 4.05. The lowest BCUT2D eigenvalue weighted by Crippen LogP contribution is -2.27. The van der Waals surface area contributed by atoms with Crippen LogP contribution in [0.1, 0.15) is 6.42 Å². The average Bonchev–Trinajstić information content (AvgIpc) is 2.50. The van der Waals surface area contributed by atoms with Crippen LogP contribution in [0, 0.1) is 0 Å². The van der Waals surface area contributed by atoms with Gasteiger partial charge in [0.1, 0.15) is 0 Å². The van der Waals surface area contributed by atoms with Gasteiger partial charge in [-0.05, 0) is 0 Å². The maximum atomic E-state index is 3.76. The molecule has 0 saturated heterocycles. The zero-order valence-corrected chi connectivity index (χ0v) is 8.65. The standard InChI is InChI=1S/C12H18N2/c1-4-7-12-10-13(8-5-2)11-14(12)9-6-3/h4-6,10H,1-3,7-9,11H2. The smallest absolute Gasteiger partial charge is 0.0902 e. The van der Waals surface area contributed by atoms with Crippen molar-refractivity contribution < 1.29 is 0 Å². The molecule has 0 spiro atoms. The highest BCUT2D eigenvalue weighted by Crippen LogP contribution is 2.18. The minimum Gasteiger partial charge on any atom is -0.355 e. The first kappa shape index (κ1) is 10.6. The molecule has 1 aliphatic rings. The van der Waals surface area contributed by atoms with E-state index in [1.165, 1.54) is 5.70 Å². The van der Waals surface area contributed by atoms with Crippen LogP contribution < -0.4 is 0 Å². The van der Waals surface area contributed by atoms with Crippen molar-refractivity contribution in [1.82, 2.24) is 9.80 Å². The molecule has 0 aromatic rings. The van der Waals surface area contributed by atoms with Crippen molar-refractivity contribution in [1.29, 1.82) is 0 Å².